The Balaban J connectivity index is 2.17. The Labute approximate surface area is 141 Å². The van der Waals surface area contributed by atoms with Crippen molar-refractivity contribution in [2.24, 2.45) is 0 Å². The molecule has 0 fully saturated rings. The van der Waals surface area contributed by atoms with Gasteiger partial charge in [0.1, 0.15) is 6.07 Å². The third-order valence-electron chi connectivity index (χ3n) is 3.70. The molecule has 2 aromatic carbocycles. The summed E-state index contributed by atoms with van der Waals surface area (Å²) in [7, 11) is 1.53. The largest absolute Gasteiger partial charge is 0.493 e. The fraction of sp³-hybridized carbons (Fsp3) is 0.200. The molecule has 122 valence electrons. The number of ether oxygens (including phenoxy) is 2. The van der Waals surface area contributed by atoms with Crippen LogP contribution >= 0.6 is 0 Å². The Morgan fingerprint density at radius 3 is 2.58 bits per heavy atom. The summed E-state index contributed by atoms with van der Waals surface area (Å²) < 4.78 is 10.5. The lowest BCUT2D eigenvalue weighted by Crippen LogP contribution is -1.97. The van der Waals surface area contributed by atoms with Crippen molar-refractivity contribution in [3.8, 4) is 17.6 Å². The van der Waals surface area contributed by atoms with Crippen molar-refractivity contribution in [3.63, 3.8) is 0 Å². The molecule has 2 rings (SSSR count). The van der Waals surface area contributed by atoms with Crippen molar-refractivity contribution in [1.82, 2.24) is 0 Å². The Morgan fingerprint density at radius 2 is 1.92 bits per heavy atom. The predicted molar refractivity (Wildman–Crippen MR) is 93.4 cm³/mol. The van der Waals surface area contributed by atoms with Crippen molar-refractivity contribution in [1.29, 1.82) is 5.26 Å². The molecule has 0 spiro atoms. The minimum atomic E-state index is -0.0538. The van der Waals surface area contributed by atoms with Gasteiger partial charge in [-0.05, 0) is 54.8 Å². The number of hydrogen-bond donors (Lipinski definition) is 0. The molecule has 0 heterocycles. The van der Waals surface area contributed by atoms with E-state index in [1.54, 1.807) is 24.3 Å². The van der Waals surface area contributed by atoms with E-state index in [1.165, 1.54) is 13.2 Å². The number of carbonyl (C=O) groups excluding carboxylic acids is 1. The van der Waals surface area contributed by atoms with Crippen LogP contribution in [-0.2, 0) is 0 Å². The molecule has 0 atom stereocenters. The molecule has 0 N–H and O–H groups in total. The number of carbonyl (C=O) groups is 1. The monoisotopic (exact) mass is 321 g/mol. The number of nitrogens with zero attached hydrogens (tertiary/aromatic N) is 1. The van der Waals surface area contributed by atoms with Gasteiger partial charge < -0.3 is 9.47 Å². The zero-order valence-corrected chi connectivity index (χ0v) is 14.0. The van der Waals surface area contributed by atoms with Crippen molar-refractivity contribution in [3.05, 3.63) is 64.7 Å². The minimum Gasteiger partial charge on any atom is -0.493 e. The fourth-order valence-corrected chi connectivity index (χ4v) is 2.18. The van der Waals surface area contributed by atoms with Gasteiger partial charge in [-0.3, -0.25) is 4.79 Å². The van der Waals surface area contributed by atoms with Gasteiger partial charge in [-0.25, -0.2) is 0 Å². The molecule has 0 unspecified atom stereocenters. The van der Waals surface area contributed by atoms with Crippen LogP contribution < -0.4 is 9.47 Å². The highest BCUT2D eigenvalue weighted by Gasteiger charge is 2.06. The Hall–Kier alpha value is -3.06. The van der Waals surface area contributed by atoms with Crippen LogP contribution in [-0.4, -0.2) is 19.5 Å². The maximum Gasteiger partial charge on any atom is 0.185 e. The van der Waals surface area contributed by atoms with Crippen molar-refractivity contribution < 1.29 is 14.3 Å². The standard InChI is InChI=1S/C20H19NO3/c1-14-4-7-17(12-15(14)2)18(22)8-5-16-6-9-19(24-11-10-21)20(13-16)23-3/h4-9,12-13H,11H2,1-3H3/b8-5+. The lowest BCUT2D eigenvalue weighted by molar-refractivity contribution is 0.104. The molecule has 0 aromatic heterocycles. The first-order valence-electron chi connectivity index (χ1n) is 7.52. The molecule has 2 aromatic rings. The maximum absolute atomic E-state index is 12.3. The number of aryl methyl sites for hydroxylation is 2. The van der Waals surface area contributed by atoms with E-state index in [2.05, 4.69) is 0 Å². The van der Waals surface area contributed by atoms with Crippen LogP contribution in [0.5, 0.6) is 11.5 Å². The van der Waals surface area contributed by atoms with Gasteiger partial charge in [0.2, 0.25) is 0 Å². The molecule has 4 nitrogen and oxygen atoms in total. The summed E-state index contributed by atoms with van der Waals surface area (Å²) in [5, 5.41) is 8.57. The number of nitriles is 1. The number of hydrogen-bond acceptors (Lipinski definition) is 4. The molecule has 4 heteroatoms. The third kappa shape index (κ3) is 4.23. The highest BCUT2D eigenvalue weighted by Crippen LogP contribution is 2.28. The molecular weight excluding hydrogens is 302 g/mol. The molecule has 0 saturated carbocycles. The van der Waals surface area contributed by atoms with E-state index in [0.717, 1.165) is 16.7 Å². The summed E-state index contributed by atoms with van der Waals surface area (Å²) in [6.07, 6.45) is 3.27. The number of allylic oxidation sites excluding steroid dienone is 1. The normalized spacial score (nSPS) is 10.4. The quantitative estimate of drug-likeness (QED) is 0.593. The van der Waals surface area contributed by atoms with Gasteiger partial charge >= 0.3 is 0 Å². The topological polar surface area (TPSA) is 59.3 Å². The van der Waals surface area contributed by atoms with Gasteiger partial charge in [-0.15, -0.1) is 0 Å². The lowest BCUT2D eigenvalue weighted by atomic mass is 10.0. The number of ketones is 1. The van der Waals surface area contributed by atoms with Crippen molar-refractivity contribution in [2.45, 2.75) is 13.8 Å². The summed E-state index contributed by atoms with van der Waals surface area (Å²) in [5.41, 5.74) is 3.73. The van der Waals surface area contributed by atoms with Crippen LogP contribution in [0.15, 0.2) is 42.5 Å². The first kappa shape index (κ1) is 17.3. The zero-order valence-electron chi connectivity index (χ0n) is 14.0. The third-order valence-corrected chi connectivity index (χ3v) is 3.70. The molecule has 0 aliphatic rings. The minimum absolute atomic E-state index is 0.0448. The van der Waals surface area contributed by atoms with E-state index in [9.17, 15) is 4.79 Å². The van der Waals surface area contributed by atoms with E-state index < -0.39 is 0 Å². The molecule has 0 bridgehead atoms. The SMILES string of the molecule is COc1cc(/C=C/C(=O)c2ccc(C)c(C)c2)ccc1OCC#N. The van der Waals surface area contributed by atoms with E-state index in [4.69, 9.17) is 14.7 Å². The molecule has 0 saturated heterocycles. The molecule has 0 aliphatic carbocycles. The first-order chi connectivity index (χ1) is 11.5. The molecule has 0 aliphatic heterocycles. The van der Waals surface area contributed by atoms with Gasteiger partial charge in [0.05, 0.1) is 7.11 Å². The fourth-order valence-electron chi connectivity index (χ4n) is 2.18. The van der Waals surface area contributed by atoms with Crippen molar-refractivity contribution >= 4 is 11.9 Å². The zero-order chi connectivity index (χ0) is 17.5. The molecule has 24 heavy (non-hydrogen) atoms. The Kier molecular flexibility index (Phi) is 5.75. The van der Waals surface area contributed by atoms with Crippen LogP contribution in [0.25, 0.3) is 6.08 Å². The summed E-state index contributed by atoms with van der Waals surface area (Å²) in [6.45, 7) is 3.96. The highest BCUT2D eigenvalue weighted by atomic mass is 16.5. The van der Waals surface area contributed by atoms with Crippen LogP contribution in [0.3, 0.4) is 0 Å². The van der Waals surface area contributed by atoms with Gasteiger partial charge in [0, 0.05) is 5.56 Å². The molecule has 0 amide bonds. The molecule has 0 radical (unpaired) electrons. The average molecular weight is 321 g/mol. The summed E-state index contributed by atoms with van der Waals surface area (Å²) in [6, 6.07) is 12.9. The lowest BCUT2D eigenvalue weighted by Gasteiger charge is -2.08. The number of rotatable bonds is 6. The van der Waals surface area contributed by atoms with E-state index in [1.807, 2.05) is 38.1 Å². The van der Waals surface area contributed by atoms with Gasteiger partial charge in [0.15, 0.2) is 23.9 Å². The van der Waals surface area contributed by atoms with Gasteiger partial charge in [-0.2, -0.15) is 5.26 Å². The van der Waals surface area contributed by atoms with E-state index in [-0.39, 0.29) is 12.4 Å². The Bertz CT molecular complexity index is 816. The van der Waals surface area contributed by atoms with Gasteiger partial charge in [-0.1, -0.05) is 24.3 Å². The van der Waals surface area contributed by atoms with Crippen molar-refractivity contribution in [2.75, 3.05) is 13.7 Å². The highest BCUT2D eigenvalue weighted by molar-refractivity contribution is 6.07. The maximum atomic E-state index is 12.3. The Morgan fingerprint density at radius 1 is 1.12 bits per heavy atom. The predicted octanol–water partition coefficient (Wildman–Crippen LogP) is 4.11. The van der Waals surface area contributed by atoms with E-state index >= 15 is 0 Å². The van der Waals surface area contributed by atoms with Crippen LogP contribution in [0, 0.1) is 25.2 Å². The smallest absolute Gasteiger partial charge is 0.185 e. The molecular formula is C20H19NO3. The summed E-state index contributed by atoms with van der Waals surface area (Å²) in [4.78, 5) is 12.3. The first-order valence-corrected chi connectivity index (χ1v) is 7.52. The number of methoxy groups -OCH3 is 1. The van der Waals surface area contributed by atoms with Crippen LogP contribution in [0.4, 0.5) is 0 Å². The number of benzene rings is 2. The average Bonchev–Trinajstić information content (AvgIpc) is 2.60. The van der Waals surface area contributed by atoms with Gasteiger partial charge in [0.25, 0.3) is 0 Å². The van der Waals surface area contributed by atoms with E-state index in [0.29, 0.717) is 17.1 Å². The second kappa shape index (κ2) is 7.98. The summed E-state index contributed by atoms with van der Waals surface area (Å²) in [5.74, 6) is 0.963. The summed E-state index contributed by atoms with van der Waals surface area (Å²) >= 11 is 0. The van der Waals surface area contributed by atoms with Crippen LogP contribution in [0.2, 0.25) is 0 Å². The second-order valence-corrected chi connectivity index (χ2v) is 5.35. The second-order valence-electron chi connectivity index (χ2n) is 5.35. The van der Waals surface area contributed by atoms with Crippen LogP contribution in [0.1, 0.15) is 27.0 Å².